The van der Waals surface area contributed by atoms with Gasteiger partial charge >= 0.3 is 0 Å². The Labute approximate surface area is 114 Å². The SMILES string of the molecule is OC(c1cccc2ccccc12)C1CCCCCN1. The normalized spacial score (nSPS) is 22.1. The van der Waals surface area contributed by atoms with Crippen molar-refractivity contribution < 1.29 is 5.11 Å². The number of rotatable bonds is 2. The Morgan fingerprint density at radius 1 is 1.00 bits per heavy atom. The summed E-state index contributed by atoms with van der Waals surface area (Å²) in [5.74, 6) is 0. The van der Waals surface area contributed by atoms with Crippen molar-refractivity contribution in [1.29, 1.82) is 0 Å². The molecule has 1 heterocycles. The monoisotopic (exact) mass is 255 g/mol. The molecule has 0 spiro atoms. The third-order valence-corrected chi connectivity index (χ3v) is 4.12. The van der Waals surface area contributed by atoms with Gasteiger partial charge in [-0.05, 0) is 35.7 Å². The van der Waals surface area contributed by atoms with Gasteiger partial charge in [-0.1, -0.05) is 55.3 Å². The van der Waals surface area contributed by atoms with Crippen LogP contribution >= 0.6 is 0 Å². The summed E-state index contributed by atoms with van der Waals surface area (Å²) in [7, 11) is 0. The van der Waals surface area contributed by atoms with Crippen LogP contribution in [0.1, 0.15) is 37.4 Å². The highest BCUT2D eigenvalue weighted by molar-refractivity contribution is 5.86. The van der Waals surface area contributed by atoms with Crippen LogP contribution in [0.4, 0.5) is 0 Å². The van der Waals surface area contributed by atoms with E-state index in [1.807, 2.05) is 18.2 Å². The molecule has 0 saturated carbocycles. The lowest BCUT2D eigenvalue weighted by molar-refractivity contribution is 0.127. The molecule has 1 aliphatic heterocycles. The van der Waals surface area contributed by atoms with Crippen molar-refractivity contribution in [2.24, 2.45) is 0 Å². The Morgan fingerprint density at radius 2 is 1.84 bits per heavy atom. The number of hydrogen-bond donors (Lipinski definition) is 2. The van der Waals surface area contributed by atoms with Crippen molar-refractivity contribution in [3.63, 3.8) is 0 Å². The van der Waals surface area contributed by atoms with Gasteiger partial charge in [0.05, 0.1) is 6.10 Å². The zero-order valence-electron chi connectivity index (χ0n) is 11.2. The standard InChI is InChI=1S/C17H21NO/c19-17(16-11-2-1-5-12-18-16)15-10-6-8-13-7-3-4-9-14(13)15/h3-4,6-10,16-19H,1-2,5,11-12H2. The number of fused-ring (bicyclic) bond motifs is 1. The topological polar surface area (TPSA) is 32.3 Å². The third kappa shape index (κ3) is 2.65. The van der Waals surface area contributed by atoms with Crippen molar-refractivity contribution in [3.05, 3.63) is 48.0 Å². The number of hydrogen-bond acceptors (Lipinski definition) is 2. The number of benzene rings is 2. The highest BCUT2D eigenvalue weighted by atomic mass is 16.3. The lowest BCUT2D eigenvalue weighted by Gasteiger charge is -2.24. The van der Waals surface area contributed by atoms with Gasteiger partial charge in [0, 0.05) is 6.04 Å². The molecule has 0 radical (unpaired) electrons. The number of nitrogens with one attached hydrogen (secondary N) is 1. The molecule has 19 heavy (non-hydrogen) atoms. The number of aliphatic hydroxyl groups is 1. The fourth-order valence-corrected chi connectivity index (χ4v) is 3.05. The molecule has 0 amide bonds. The molecule has 3 rings (SSSR count). The van der Waals surface area contributed by atoms with E-state index in [4.69, 9.17) is 0 Å². The molecule has 2 aromatic rings. The Kier molecular flexibility index (Phi) is 3.81. The average Bonchev–Trinajstić information content (AvgIpc) is 2.75. The lowest BCUT2D eigenvalue weighted by Crippen LogP contribution is -2.34. The summed E-state index contributed by atoms with van der Waals surface area (Å²) in [6, 6.07) is 14.7. The molecule has 2 atom stereocenters. The van der Waals surface area contributed by atoms with E-state index in [-0.39, 0.29) is 6.04 Å². The summed E-state index contributed by atoms with van der Waals surface area (Å²) in [6.07, 6.45) is 4.35. The maximum Gasteiger partial charge on any atom is 0.0948 e. The summed E-state index contributed by atoms with van der Waals surface area (Å²) < 4.78 is 0. The molecular formula is C17H21NO. The van der Waals surface area contributed by atoms with E-state index in [0.717, 1.165) is 18.5 Å². The van der Waals surface area contributed by atoms with Crippen LogP contribution in [0.3, 0.4) is 0 Å². The molecule has 0 aliphatic carbocycles. The van der Waals surface area contributed by atoms with E-state index in [2.05, 4.69) is 29.6 Å². The van der Waals surface area contributed by atoms with Crippen LogP contribution in [-0.2, 0) is 0 Å². The van der Waals surface area contributed by atoms with Crippen LogP contribution in [0.2, 0.25) is 0 Å². The van der Waals surface area contributed by atoms with E-state index >= 15 is 0 Å². The summed E-state index contributed by atoms with van der Waals surface area (Å²) in [5, 5.41) is 16.6. The van der Waals surface area contributed by atoms with Gasteiger partial charge in [0.15, 0.2) is 0 Å². The molecule has 2 N–H and O–H groups in total. The van der Waals surface area contributed by atoms with Crippen molar-refractivity contribution in [1.82, 2.24) is 5.32 Å². The second-order valence-corrected chi connectivity index (χ2v) is 5.42. The quantitative estimate of drug-likeness (QED) is 0.862. The summed E-state index contributed by atoms with van der Waals surface area (Å²) in [4.78, 5) is 0. The zero-order valence-corrected chi connectivity index (χ0v) is 11.2. The first-order valence-electron chi connectivity index (χ1n) is 7.25. The number of aliphatic hydroxyl groups excluding tert-OH is 1. The van der Waals surface area contributed by atoms with Gasteiger partial charge in [-0.2, -0.15) is 0 Å². The molecule has 1 fully saturated rings. The molecule has 1 saturated heterocycles. The van der Waals surface area contributed by atoms with Gasteiger partial charge in [-0.3, -0.25) is 0 Å². The minimum atomic E-state index is -0.413. The van der Waals surface area contributed by atoms with Gasteiger partial charge in [-0.15, -0.1) is 0 Å². The van der Waals surface area contributed by atoms with E-state index in [1.54, 1.807) is 0 Å². The van der Waals surface area contributed by atoms with Crippen molar-refractivity contribution in [2.75, 3.05) is 6.54 Å². The minimum Gasteiger partial charge on any atom is -0.387 e. The van der Waals surface area contributed by atoms with Gasteiger partial charge in [0.1, 0.15) is 0 Å². The molecule has 2 nitrogen and oxygen atoms in total. The van der Waals surface area contributed by atoms with Crippen LogP contribution in [0, 0.1) is 0 Å². The molecule has 100 valence electrons. The maximum atomic E-state index is 10.7. The van der Waals surface area contributed by atoms with E-state index in [0.29, 0.717) is 0 Å². The average molecular weight is 255 g/mol. The van der Waals surface area contributed by atoms with Gasteiger partial charge in [0.25, 0.3) is 0 Å². The Morgan fingerprint density at radius 3 is 2.79 bits per heavy atom. The van der Waals surface area contributed by atoms with Crippen LogP contribution in [0.5, 0.6) is 0 Å². The van der Waals surface area contributed by atoms with E-state index in [9.17, 15) is 5.11 Å². The first-order valence-corrected chi connectivity index (χ1v) is 7.25. The second-order valence-electron chi connectivity index (χ2n) is 5.42. The minimum absolute atomic E-state index is 0.188. The summed E-state index contributed by atoms with van der Waals surface area (Å²) >= 11 is 0. The summed E-state index contributed by atoms with van der Waals surface area (Å²) in [5.41, 5.74) is 1.05. The lowest BCUT2D eigenvalue weighted by atomic mass is 9.94. The molecule has 0 aromatic heterocycles. The predicted octanol–water partition coefficient (Wildman–Crippen LogP) is 3.41. The third-order valence-electron chi connectivity index (χ3n) is 4.12. The summed E-state index contributed by atoms with van der Waals surface area (Å²) in [6.45, 7) is 1.02. The van der Waals surface area contributed by atoms with Crippen LogP contribution < -0.4 is 5.32 Å². The van der Waals surface area contributed by atoms with Crippen molar-refractivity contribution >= 4 is 10.8 Å². The smallest absolute Gasteiger partial charge is 0.0948 e. The van der Waals surface area contributed by atoms with Crippen molar-refractivity contribution in [3.8, 4) is 0 Å². The van der Waals surface area contributed by atoms with Crippen molar-refractivity contribution in [2.45, 2.75) is 37.8 Å². The predicted molar refractivity (Wildman–Crippen MR) is 79.2 cm³/mol. The van der Waals surface area contributed by atoms with Crippen LogP contribution in [0.25, 0.3) is 10.8 Å². The van der Waals surface area contributed by atoms with E-state index in [1.165, 1.54) is 30.0 Å². The first kappa shape index (κ1) is 12.6. The maximum absolute atomic E-state index is 10.7. The molecule has 2 aromatic carbocycles. The highest BCUT2D eigenvalue weighted by Gasteiger charge is 2.22. The fourth-order valence-electron chi connectivity index (χ4n) is 3.05. The fraction of sp³-hybridized carbons (Fsp3) is 0.412. The molecule has 1 aliphatic rings. The second kappa shape index (κ2) is 5.72. The highest BCUT2D eigenvalue weighted by Crippen LogP contribution is 2.28. The molecular weight excluding hydrogens is 234 g/mol. The van der Waals surface area contributed by atoms with Gasteiger partial charge in [-0.25, -0.2) is 0 Å². The molecule has 0 bridgehead atoms. The van der Waals surface area contributed by atoms with Crippen LogP contribution in [0.15, 0.2) is 42.5 Å². The molecule has 2 unspecified atom stereocenters. The zero-order chi connectivity index (χ0) is 13.1. The van der Waals surface area contributed by atoms with E-state index < -0.39 is 6.10 Å². The van der Waals surface area contributed by atoms with Gasteiger partial charge < -0.3 is 10.4 Å². The first-order chi connectivity index (χ1) is 9.36. The van der Waals surface area contributed by atoms with Gasteiger partial charge in [0.2, 0.25) is 0 Å². The van der Waals surface area contributed by atoms with Crippen LogP contribution in [-0.4, -0.2) is 17.7 Å². The Bertz CT molecular complexity index is 538. The largest absolute Gasteiger partial charge is 0.387 e. The molecule has 2 heteroatoms. The Balaban J connectivity index is 1.94. The Hall–Kier alpha value is -1.38.